The Kier molecular flexibility index (Phi) is 3.01. The highest BCUT2D eigenvalue weighted by Crippen LogP contribution is 2.27. The van der Waals surface area contributed by atoms with E-state index >= 15 is 0 Å². The number of fused-ring (bicyclic) bond motifs is 1. The first-order chi connectivity index (χ1) is 9.98. The zero-order chi connectivity index (χ0) is 15.0. The molecule has 0 fully saturated rings. The number of nitrogens with zero attached hydrogens (tertiary/aromatic N) is 2. The lowest BCUT2D eigenvalue weighted by Crippen LogP contribution is -2.24. The number of rotatable bonds is 2. The first kappa shape index (κ1) is 13.4. The van der Waals surface area contributed by atoms with Gasteiger partial charge in [0.25, 0.3) is 5.78 Å². The summed E-state index contributed by atoms with van der Waals surface area (Å²) in [6, 6.07) is 11.7. The third-order valence-electron chi connectivity index (χ3n) is 3.12. The molecule has 21 heavy (non-hydrogen) atoms. The molecule has 0 saturated heterocycles. The van der Waals surface area contributed by atoms with Crippen LogP contribution in [0.4, 0.5) is 13.2 Å². The van der Waals surface area contributed by atoms with Crippen molar-refractivity contribution < 1.29 is 18.0 Å². The maximum Gasteiger partial charge on any atom is 0.456 e. The average molecular weight is 290 g/mol. The Bertz CT molecular complexity index is 807. The predicted molar refractivity (Wildman–Crippen MR) is 71.0 cm³/mol. The summed E-state index contributed by atoms with van der Waals surface area (Å²) in [6.45, 7) is 0. The van der Waals surface area contributed by atoms with Crippen molar-refractivity contribution in [2.75, 3.05) is 0 Å². The number of ketones is 1. The van der Waals surface area contributed by atoms with Gasteiger partial charge < -0.3 is 4.40 Å². The Morgan fingerprint density at radius 2 is 1.76 bits per heavy atom. The van der Waals surface area contributed by atoms with Gasteiger partial charge in [-0.1, -0.05) is 30.3 Å². The minimum atomic E-state index is -4.90. The van der Waals surface area contributed by atoms with Crippen molar-refractivity contribution in [3.05, 3.63) is 60.6 Å². The van der Waals surface area contributed by atoms with Crippen LogP contribution >= 0.6 is 0 Å². The fourth-order valence-corrected chi connectivity index (χ4v) is 2.19. The molecule has 2 aromatic heterocycles. The van der Waals surface area contributed by atoms with Gasteiger partial charge >= 0.3 is 6.18 Å². The van der Waals surface area contributed by atoms with E-state index < -0.39 is 17.7 Å². The zero-order valence-corrected chi connectivity index (χ0v) is 10.6. The van der Waals surface area contributed by atoms with Gasteiger partial charge in [0.15, 0.2) is 0 Å². The molecular formula is C15H9F3N2O. The Labute approximate surface area is 117 Å². The fraction of sp³-hybridized carbons (Fsp3) is 0.0667. The van der Waals surface area contributed by atoms with Crippen LogP contribution in [0.1, 0.15) is 10.5 Å². The van der Waals surface area contributed by atoms with Crippen LogP contribution in [-0.4, -0.2) is 21.3 Å². The number of aromatic nitrogens is 2. The Hall–Kier alpha value is -2.63. The van der Waals surface area contributed by atoms with Crippen LogP contribution < -0.4 is 0 Å². The molecular weight excluding hydrogens is 281 g/mol. The van der Waals surface area contributed by atoms with Crippen LogP contribution in [-0.2, 0) is 0 Å². The van der Waals surface area contributed by atoms with E-state index in [4.69, 9.17) is 0 Å². The van der Waals surface area contributed by atoms with Gasteiger partial charge in [0.2, 0.25) is 0 Å². The van der Waals surface area contributed by atoms with Gasteiger partial charge in [-0.2, -0.15) is 13.2 Å². The monoisotopic (exact) mass is 290 g/mol. The number of carbonyl (C=O) groups excluding carboxylic acids is 1. The van der Waals surface area contributed by atoms with E-state index in [9.17, 15) is 18.0 Å². The molecule has 0 aliphatic heterocycles. The molecule has 0 aliphatic carbocycles. The normalized spacial score (nSPS) is 11.8. The number of carbonyl (C=O) groups is 1. The quantitative estimate of drug-likeness (QED) is 0.674. The van der Waals surface area contributed by atoms with Crippen LogP contribution in [0.25, 0.3) is 16.8 Å². The number of hydrogen-bond acceptors (Lipinski definition) is 2. The lowest BCUT2D eigenvalue weighted by atomic mass is 10.1. The summed E-state index contributed by atoms with van der Waals surface area (Å²) >= 11 is 0. The maximum absolute atomic E-state index is 12.6. The highest BCUT2D eigenvalue weighted by atomic mass is 19.4. The molecule has 0 N–H and O–H groups in total. The van der Waals surface area contributed by atoms with Crippen molar-refractivity contribution >= 4 is 11.3 Å². The summed E-state index contributed by atoms with van der Waals surface area (Å²) in [5, 5.41) is 0. The standard InChI is InChI=1S/C15H9F3N2O/c16-15(17,18)14(21)12-7-6-11-13(19-8-9-20(11)12)10-4-2-1-3-5-10/h1-9H. The molecule has 6 heteroatoms. The lowest BCUT2D eigenvalue weighted by molar-refractivity contribution is -0.0888. The summed E-state index contributed by atoms with van der Waals surface area (Å²) in [7, 11) is 0. The van der Waals surface area contributed by atoms with Gasteiger partial charge in [0, 0.05) is 18.0 Å². The van der Waals surface area contributed by atoms with Crippen molar-refractivity contribution in [1.29, 1.82) is 0 Å². The second kappa shape index (κ2) is 4.73. The minimum Gasteiger partial charge on any atom is -0.310 e. The first-order valence-electron chi connectivity index (χ1n) is 6.11. The van der Waals surface area contributed by atoms with Crippen molar-refractivity contribution in [1.82, 2.24) is 9.38 Å². The molecule has 0 amide bonds. The third-order valence-corrected chi connectivity index (χ3v) is 3.12. The second-order valence-corrected chi connectivity index (χ2v) is 4.44. The predicted octanol–water partition coefficient (Wildman–Crippen LogP) is 3.75. The summed E-state index contributed by atoms with van der Waals surface area (Å²) in [5.41, 5.74) is 1.33. The molecule has 2 heterocycles. The van der Waals surface area contributed by atoms with Gasteiger partial charge in [0.05, 0.1) is 16.9 Å². The van der Waals surface area contributed by atoms with Crippen LogP contribution in [0.3, 0.4) is 0 Å². The van der Waals surface area contributed by atoms with E-state index in [-0.39, 0.29) is 0 Å². The highest BCUT2D eigenvalue weighted by molar-refractivity contribution is 6.00. The Morgan fingerprint density at radius 1 is 1.05 bits per heavy atom. The van der Waals surface area contributed by atoms with Crippen LogP contribution in [0.2, 0.25) is 0 Å². The average Bonchev–Trinajstić information content (AvgIpc) is 2.90. The van der Waals surface area contributed by atoms with Crippen molar-refractivity contribution in [3.8, 4) is 11.3 Å². The summed E-state index contributed by atoms with van der Waals surface area (Å²) in [6.07, 6.45) is -2.17. The van der Waals surface area contributed by atoms with E-state index in [0.717, 1.165) is 5.56 Å². The number of alkyl halides is 3. The van der Waals surface area contributed by atoms with E-state index in [1.807, 2.05) is 18.2 Å². The Balaban J connectivity index is 2.20. The number of Topliss-reactive ketones (excluding diaryl/α,β-unsaturated/α-hetero) is 1. The van der Waals surface area contributed by atoms with Crippen molar-refractivity contribution in [3.63, 3.8) is 0 Å². The van der Waals surface area contributed by atoms with E-state index in [0.29, 0.717) is 11.2 Å². The lowest BCUT2D eigenvalue weighted by Gasteiger charge is -2.07. The van der Waals surface area contributed by atoms with Crippen LogP contribution in [0, 0.1) is 0 Å². The smallest absolute Gasteiger partial charge is 0.310 e. The molecule has 3 nitrogen and oxygen atoms in total. The molecule has 0 bridgehead atoms. The van der Waals surface area contributed by atoms with E-state index in [1.54, 1.807) is 12.1 Å². The number of hydrogen-bond donors (Lipinski definition) is 0. The molecule has 0 spiro atoms. The molecule has 0 radical (unpaired) electrons. The third kappa shape index (κ3) is 2.29. The van der Waals surface area contributed by atoms with Crippen molar-refractivity contribution in [2.24, 2.45) is 0 Å². The van der Waals surface area contributed by atoms with Crippen molar-refractivity contribution in [2.45, 2.75) is 6.18 Å². The summed E-state index contributed by atoms with van der Waals surface area (Å²) < 4.78 is 39.0. The SMILES string of the molecule is O=C(c1ccc2c(-c3ccccc3)nccn12)C(F)(F)F. The Morgan fingerprint density at radius 3 is 2.43 bits per heavy atom. The van der Waals surface area contributed by atoms with Crippen LogP contribution in [0.5, 0.6) is 0 Å². The van der Waals surface area contributed by atoms with Crippen LogP contribution in [0.15, 0.2) is 54.9 Å². The van der Waals surface area contributed by atoms with Gasteiger partial charge in [-0.05, 0) is 12.1 Å². The number of halogens is 3. The molecule has 1 aromatic carbocycles. The zero-order valence-electron chi connectivity index (χ0n) is 10.6. The number of benzene rings is 1. The second-order valence-electron chi connectivity index (χ2n) is 4.44. The van der Waals surface area contributed by atoms with E-state index in [1.165, 1.54) is 28.9 Å². The molecule has 0 aliphatic rings. The topological polar surface area (TPSA) is 34.4 Å². The first-order valence-corrected chi connectivity index (χ1v) is 6.11. The maximum atomic E-state index is 12.6. The van der Waals surface area contributed by atoms with Gasteiger partial charge in [-0.25, -0.2) is 0 Å². The molecule has 3 rings (SSSR count). The fourth-order valence-electron chi connectivity index (χ4n) is 2.19. The molecule has 0 unspecified atom stereocenters. The molecule has 106 valence electrons. The van der Waals surface area contributed by atoms with E-state index in [2.05, 4.69) is 4.98 Å². The van der Waals surface area contributed by atoms with Gasteiger partial charge in [0.1, 0.15) is 0 Å². The molecule has 0 atom stereocenters. The summed E-state index contributed by atoms with van der Waals surface area (Å²) in [4.78, 5) is 15.6. The largest absolute Gasteiger partial charge is 0.456 e. The van der Waals surface area contributed by atoms with Gasteiger partial charge in [-0.15, -0.1) is 0 Å². The van der Waals surface area contributed by atoms with Gasteiger partial charge in [-0.3, -0.25) is 9.78 Å². The highest BCUT2D eigenvalue weighted by Gasteiger charge is 2.40. The molecule has 3 aromatic rings. The minimum absolute atomic E-state index is 0.419. The molecule has 0 saturated carbocycles. The summed E-state index contributed by atoms with van der Waals surface area (Å²) in [5.74, 6) is -1.87.